The highest BCUT2D eigenvalue weighted by molar-refractivity contribution is 5.92. The molecule has 0 aromatic heterocycles. The number of benzene rings is 2. The Balaban J connectivity index is 1.87. The molecule has 0 spiro atoms. The molecule has 0 bridgehead atoms. The zero-order chi connectivity index (χ0) is 17.8. The smallest absolute Gasteiger partial charge is 0.387 e. The molecule has 1 nitrogen and oxygen atoms in total. The predicted molar refractivity (Wildman–Crippen MR) is 100 cm³/mol. The maximum atomic E-state index is 12.8. The second-order valence-corrected chi connectivity index (χ2v) is 7.05. The van der Waals surface area contributed by atoms with E-state index in [1.165, 1.54) is 44.1 Å². The van der Waals surface area contributed by atoms with Crippen molar-refractivity contribution in [2.24, 2.45) is 5.92 Å². The summed E-state index contributed by atoms with van der Waals surface area (Å²) in [5.41, 5.74) is 1.91. The van der Waals surface area contributed by atoms with Gasteiger partial charge >= 0.3 is 6.61 Å². The van der Waals surface area contributed by atoms with Gasteiger partial charge < -0.3 is 4.74 Å². The molecule has 0 radical (unpaired) electrons. The van der Waals surface area contributed by atoms with E-state index in [4.69, 9.17) is 4.74 Å². The SMILES string of the molecule is C=Cc1ccc2cc(C3CCC(CCC)CC3)ccc2c1OC(F)F. The van der Waals surface area contributed by atoms with E-state index < -0.39 is 6.61 Å². The number of hydrogen-bond acceptors (Lipinski definition) is 1. The van der Waals surface area contributed by atoms with Crippen molar-refractivity contribution in [3.05, 3.63) is 48.0 Å². The Morgan fingerprint density at radius 2 is 1.92 bits per heavy atom. The lowest BCUT2D eigenvalue weighted by molar-refractivity contribution is -0.0489. The van der Waals surface area contributed by atoms with Crippen LogP contribution in [0, 0.1) is 5.92 Å². The number of hydrogen-bond donors (Lipinski definition) is 0. The average Bonchev–Trinajstić information content (AvgIpc) is 2.62. The van der Waals surface area contributed by atoms with Crippen LogP contribution in [0.15, 0.2) is 36.9 Å². The first-order valence-corrected chi connectivity index (χ1v) is 9.26. The lowest BCUT2D eigenvalue weighted by Crippen LogP contribution is -2.13. The second-order valence-electron chi connectivity index (χ2n) is 7.05. The minimum atomic E-state index is -2.84. The molecule has 0 aliphatic heterocycles. The monoisotopic (exact) mass is 344 g/mol. The number of halogens is 2. The maximum Gasteiger partial charge on any atom is 0.387 e. The van der Waals surface area contributed by atoms with Gasteiger partial charge in [0.2, 0.25) is 0 Å². The lowest BCUT2D eigenvalue weighted by Gasteiger charge is -2.29. The Morgan fingerprint density at radius 3 is 2.56 bits per heavy atom. The molecule has 25 heavy (non-hydrogen) atoms. The maximum absolute atomic E-state index is 12.8. The standard InChI is InChI=1S/C22H26F2O/c1-3-5-15-6-8-17(9-7-15)18-12-13-20-19(14-18)11-10-16(4-2)21(20)25-22(23)24/h4,10-15,17,22H,2-3,5-9H2,1H3. The minimum absolute atomic E-state index is 0.223. The molecule has 0 unspecified atom stereocenters. The molecule has 0 heterocycles. The fourth-order valence-corrected chi connectivity index (χ4v) is 4.16. The van der Waals surface area contributed by atoms with Crippen molar-refractivity contribution in [2.45, 2.75) is 58.0 Å². The fourth-order valence-electron chi connectivity index (χ4n) is 4.16. The van der Waals surface area contributed by atoms with Crippen molar-refractivity contribution in [2.75, 3.05) is 0 Å². The molecule has 1 saturated carbocycles. The summed E-state index contributed by atoms with van der Waals surface area (Å²) < 4.78 is 30.3. The molecule has 0 amide bonds. The van der Waals surface area contributed by atoms with Crippen LogP contribution in [-0.4, -0.2) is 6.61 Å². The topological polar surface area (TPSA) is 9.23 Å². The van der Waals surface area contributed by atoms with Crippen molar-refractivity contribution in [3.8, 4) is 5.75 Å². The van der Waals surface area contributed by atoms with Gasteiger partial charge in [0.25, 0.3) is 0 Å². The highest BCUT2D eigenvalue weighted by atomic mass is 19.3. The quantitative estimate of drug-likeness (QED) is 0.540. The van der Waals surface area contributed by atoms with Gasteiger partial charge in [-0.3, -0.25) is 0 Å². The van der Waals surface area contributed by atoms with Gasteiger partial charge in [-0.1, -0.05) is 62.8 Å². The zero-order valence-corrected chi connectivity index (χ0v) is 14.8. The Hall–Kier alpha value is -1.90. The molecule has 3 heteroatoms. The molecule has 3 rings (SSSR count). The van der Waals surface area contributed by atoms with Crippen LogP contribution in [0.3, 0.4) is 0 Å². The molecule has 0 saturated heterocycles. The summed E-state index contributed by atoms with van der Waals surface area (Å²) in [7, 11) is 0. The number of alkyl halides is 2. The highest BCUT2D eigenvalue weighted by Gasteiger charge is 2.22. The van der Waals surface area contributed by atoms with Crippen molar-refractivity contribution in [3.63, 3.8) is 0 Å². The summed E-state index contributed by atoms with van der Waals surface area (Å²) >= 11 is 0. The first-order valence-electron chi connectivity index (χ1n) is 9.26. The Labute approximate surface area is 148 Å². The van der Waals surface area contributed by atoms with Crippen molar-refractivity contribution in [1.82, 2.24) is 0 Å². The molecule has 2 aromatic carbocycles. The molecule has 2 aromatic rings. The summed E-state index contributed by atoms with van der Waals surface area (Å²) in [6.07, 6.45) is 9.20. The minimum Gasteiger partial charge on any atom is -0.434 e. The van der Waals surface area contributed by atoms with Crippen LogP contribution in [0.25, 0.3) is 16.8 Å². The van der Waals surface area contributed by atoms with Crippen molar-refractivity contribution < 1.29 is 13.5 Å². The molecular weight excluding hydrogens is 318 g/mol. The van der Waals surface area contributed by atoms with Gasteiger partial charge in [-0.15, -0.1) is 0 Å². The van der Waals surface area contributed by atoms with Crippen molar-refractivity contribution in [1.29, 1.82) is 0 Å². The number of fused-ring (bicyclic) bond motifs is 1. The van der Waals surface area contributed by atoms with Crippen LogP contribution in [-0.2, 0) is 0 Å². The van der Waals surface area contributed by atoms with Gasteiger partial charge in [-0.05, 0) is 48.5 Å². The summed E-state index contributed by atoms with van der Waals surface area (Å²) in [6.45, 7) is 3.11. The van der Waals surface area contributed by atoms with Gasteiger partial charge in [0.1, 0.15) is 5.75 Å². The largest absolute Gasteiger partial charge is 0.434 e. The van der Waals surface area contributed by atoms with E-state index in [9.17, 15) is 8.78 Å². The zero-order valence-electron chi connectivity index (χ0n) is 14.8. The van der Waals surface area contributed by atoms with E-state index in [0.29, 0.717) is 11.5 Å². The van der Waals surface area contributed by atoms with Gasteiger partial charge in [0.05, 0.1) is 0 Å². The summed E-state index contributed by atoms with van der Waals surface area (Å²) in [5, 5.41) is 1.68. The van der Waals surface area contributed by atoms with Crippen molar-refractivity contribution >= 4 is 16.8 Å². The van der Waals surface area contributed by atoms with Crippen LogP contribution in [0.5, 0.6) is 5.75 Å². The summed E-state index contributed by atoms with van der Waals surface area (Å²) in [6, 6.07) is 9.92. The first kappa shape index (κ1) is 17.9. The Kier molecular flexibility index (Phi) is 5.72. The normalized spacial score (nSPS) is 20.8. The fraction of sp³-hybridized carbons (Fsp3) is 0.455. The van der Waals surface area contributed by atoms with Crippen LogP contribution in [0.2, 0.25) is 0 Å². The third kappa shape index (κ3) is 4.02. The van der Waals surface area contributed by atoms with E-state index in [1.54, 1.807) is 12.1 Å². The third-order valence-electron chi connectivity index (χ3n) is 5.47. The molecule has 0 N–H and O–H groups in total. The van der Waals surface area contributed by atoms with E-state index >= 15 is 0 Å². The number of rotatable bonds is 6. The van der Waals surface area contributed by atoms with E-state index in [-0.39, 0.29) is 5.75 Å². The van der Waals surface area contributed by atoms with Crippen LogP contribution < -0.4 is 4.74 Å². The van der Waals surface area contributed by atoms with Crippen LogP contribution in [0.1, 0.15) is 62.5 Å². The van der Waals surface area contributed by atoms with Gasteiger partial charge in [0.15, 0.2) is 0 Å². The second kappa shape index (κ2) is 7.99. The Bertz CT molecular complexity index is 730. The van der Waals surface area contributed by atoms with Gasteiger partial charge in [-0.2, -0.15) is 8.78 Å². The first-order chi connectivity index (χ1) is 12.1. The molecule has 1 aliphatic rings. The Morgan fingerprint density at radius 1 is 1.16 bits per heavy atom. The lowest BCUT2D eigenvalue weighted by atomic mass is 9.77. The van der Waals surface area contributed by atoms with E-state index in [2.05, 4.69) is 25.6 Å². The number of ether oxygens (including phenoxy) is 1. The highest BCUT2D eigenvalue weighted by Crippen LogP contribution is 2.40. The molecule has 0 atom stereocenters. The van der Waals surface area contributed by atoms with Crippen LogP contribution >= 0.6 is 0 Å². The van der Waals surface area contributed by atoms with E-state index in [1.807, 2.05) is 12.1 Å². The molecular formula is C22H26F2O. The summed E-state index contributed by atoms with van der Waals surface area (Å²) in [5.74, 6) is 1.68. The molecule has 1 fully saturated rings. The van der Waals surface area contributed by atoms with E-state index in [0.717, 1.165) is 16.7 Å². The predicted octanol–water partition coefficient (Wildman–Crippen LogP) is 7.16. The van der Waals surface area contributed by atoms with Crippen LogP contribution in [0.4, 0.5) is 8.78 Å². The average molecular weight is 344 g/mol. The van der Waals surface area contributed by atoms with Gasteiger partial charge in [0, 0.05) is 10.9 Å². The third-order valence-corrected chi connectivity index (χ3v) is 5.47. The molecule has 1 aliphatic carbocycles. The summed E-state index contributed by atoms with van der Waals surface area (Å²) in [4.78, 5) is 0. The van der Waals surface area contributed by atoms with Gasteiger partial charge in [-0.25, -0.2) is 0 Å². The molecule has 134 valence electrons.